The summed E-state index contributed by atoms with van der Waals surface area (Å²) in [6.07, 6.45) is 8.85. The number of nitrogen functional groups attached to an aromatic ring is 1. The maximum atomic E-state index is 14.0. The normalized spacial score (nSPS) is 18.3. The van der Waals surface area contributed by atoms with Gasteiger partial charge in [0.2, 0.25) is 5.91 Å². The number of ether oxygens (including phenoxy) is 1. The van der Waals surface area contributed by atoms with E-state index in [1.807, 2.05) is 0 Å². The Morgan fingerprint density at radius 3 is 2.56 bits per heavy atom. The summed E-state index contributed by atoms with van der Waals surface area (Å²) in [6.45, 7) is 1.35. The maximum absolute atomic E-state index is 14.0. The van der Waals surface area contributed by atoms with Crippen molar-refractivity contribution in [1.29, 1.82) is 0 Å². The van der Waals surface area contributed by atoms with Gasteiger partial charge in [-0.15, -0.1) is 0 Å². The summed E-state index contributed by atoms with van der Waals surface area (Å²) in [6, 6.07) is 7.15. The molecule has 2 aliphatic rings. The van der Waals surface area contributed by atoms with Gasteiger partial charge in [-0.25, -0.2) is 14.4 Å². The third kappa shape index (κ3) is 6.37. The summed E-state index contributed by atoms with van der Waals surface area (Å²) in [5.41, 5.74) is 16.9. The fourth-order valence-electron chi connectivity index (χ4n) is 4.00. The number of nitrogens with one attached hydrogen (secondary N) is 1. The summed E-state index contributed by atoms with van der Waals surface area (Å²) >= 11 is 0. The molecule has 1 amide bonds. The molecule has 0 atom stereocenters. The van der Waals surface area contributed by atoms with Gasteiger partial charge >= 0.3 is 0 Å². The lowest BCUT2D eigenvalue weighted by Gasteiger charge is -2.34. The highest BCUT2D eigenvalue weighted by atomic mass is 19.1. The van der Waals surface area contributed by atoms with E-state index in [0.29, 0.717) is 50.2 Å². The highest BCUT2D eigenvalue weighted by molar-refractivity contribution is 5.81. The Kier molecular flexibility index (Phi) is 8.35. The average Bonchev–Trinajstić information content (AvgIpc) is 2.81. The van der Waals surface area contributed by atoms with Crippen molar-refractivity contribution < 1.29 is 13.9 Å². The Hall–Kier alpha value is -2.78. The number of pyridine rings is 2. The molecule has 0 radical (unpaired) electrons. The third-order valence-electron chi connectivity index (χ3n) is 6.13. The standard InChI is InChI=1S/C17H20FN5O2.C6H13N/c18-12-9-21-14(19)8-11(12)13-2-1-3-15(23-13)22-10-17(16(20)24)4-6-25-7-5-17;7-6-4-2-1-3-5-6/h1-3,8-9H,4-7,10H2,(H2,19,21)(H2,20,24)(H,22,23);6H,1-5,7H2. The fraction of sp³-hybridized carbons (Fsp3) is 0.522. The molecule has 32 heavy (non-hydrogen) atoms. The van der Waals surface area contributed by atoms with E-state index in [2.05, 4.69) is 15.3 Å². The van der Waals surface area contributed by atoms with Crippen LogP contribution in [0.2, 0.25) is 0 Å². The van der Waals surface area contributed by atoms with Gasteiger partial charge in [0.1, 0.15) is 11.6 Å². The summed E-state index contributed by atoms with van der Waals surface area (Å²) in [5.74, 6) is -0.116. The van der Waals surface area contributed by atoms with Crippen LogP contribution in [0.5, 0.6) is 0 Å². The zero-order valence-corrected chi connectivity index (χ0v) is 18.4. The monoisotopic (exact) mass is 444 g/mol. The van der Waals surface area contributed by atoms with Crippen LogP contribution in [0.4, 0.5) is 16.0 Å². The van der Waals surface area contributed by atoms with Crippen molar-refractivity contribution >= 4 is 17.5 Å². The largest absolute Gasteiger partial charge is 0.384 e. The SMILES string of the molecule is NC(=O)C1(CNc2cccc(-c3cc(N)ncc3F)n2)CCOCC1.NC1CCCCC1. The van der Waals surface area contributed by atoms with Crippen LogP contribution >= 0.6 is 0 Å². The van der Waals surface area contributed by atoms with Crippen LogP contribution in [0, 0.1) is 11.2 Å². The van der Waals surface area contributed by atoms with Crippen LogP contribution in [0.15, 0.2) is 30.5 Å². The summed E-state index contributed by atoms with van der Waals surface area (Å²) in [5, 5.41) is 3.14. The molecule has 4 rings (SSSR count). The number of hydrogen-bond acceptors (Lipinski definition) is 7. The van der Waals surface area contributed by atoms with Gasteiger partial charge < -0.3 is 27.3 Å². The molecular formula is C23H33FN6O2. The van der Waals surface area contributed by atoms with Gasteiger partial charge in [-0.2, -0.15) is 0 Å². The Morgan fingerprint density at radius 1 is 1.22 bits per heavy atom. The van der Waals surface area contributed by atoms with Gasteiger partial charge in [0, 0.05) is 31.4 Å². The number of nitrogens with zero attached hydrogens (tertiary/aromatic N) is 2. The van der Waals surface area contributed by atoms with Crippen molar-refractivity contribution in [1.82, 2.24) is 9.97 Å². The van der Waals surface area contributed by atoms with E-state index in [9.17, 15) is 9.18 Å². The van der Waals surface area contributed by atoms with Gasteiger partial charge in [0.25, 0.3) is 0 Å². The van der Waals surface area contributed by atoms with Crippen LogP contribution in [0.1, 0.15) is 44.9 Å². The van der Waals surface area contributed by atoms with Crippen LogP contribution in [-0.4, -0.2) is 41.7 Å². The Balaban J connectivity index is 0.000000352. The van der Waals surface area contributed by atoms with Gasteiger partial charge in [-0.3, -0.25) is 4.79 Å². The molecule has 2 aromatic heterocycles. The molecule has 0 aromatic carbocycles. The van der Waals surface area contributed by atoms with Crippen molar-refractivity contribution in [3.63, 3.8) is 0 Å². The Labute approximate surface area is 188 Å². The predicted octanol–water partition coefficient (Wildman–Crippen LogP) is 2.84. The lowest BCUT2D eigenvalue weighted by Crippen LogP contribution is -2.46. The van der Waals surface area contributed by atoms with Gasteiger partial charge in [-0.1, -0.05) is 25.3 Å². The van der Waals surface area contributed by atoms with Crippen molar-refractivity contribution in [2.45, 2.75) is 51.0 Å². The molecular weight excluding hydrogens is 411 g/mol. The average molecular weight is 445 g/mol. The van der Waals surface area contributed by atoms with Crippen LogP contribution < -0.4 is 22.5 Å². The van der Waals surface area contributed by atoms with E-state index >= 15 is 0 Å². The van der Waals surface area contributed by atoms with Crippen LogP contribution in [0.25, 0.3) is 11.3 Å². The topological polar surface area (TPSA) is 142 Å². The molecule has 2 fully saturated rings. The quantitative estimate of drug-likeness (QED) is 0.555. The van der Waals surface area contributed by atoms with Gasteiger partial charge in [0.05, 0.1) is 17.3 Å². The molecule has 0 unspecified atom stereocenters. The molecule has 174 valence electrons. The van der Waals surface area contributed by atoms with Crippen molar-refractivity contribution in [3.05, 3.63) is 36.3 Å². The van der Waals surface area contributed by atoms with Crippen molar-refractivity contribution in [2.24, 2.45) is 16.9 Å². The number of carbonyl (C=O) groups excluding carboxylic acids is 1. The first-order chi connectivity index (χ1) is 15.4. The molecule has 7 N–H and O–H groups in total. The second-order valence-corrected chi connectivity index (χ2v) is 8.51. The molecule has 1 saturated carbocycles. The summed E-state index contributed by atoms with van der Waals surface area (Å²) in [7, 11) is 0. The number of rotatable bonds is 5. The number of hydrogen-bond donors (Lipinski definition) is 4. The van der Waals surface area contributed by atoms with E-state index in [0.717, 1.165) is 6.20 Å². The molecule has 1 aliphatic heterocycles. The zero-order valence-electron chi connectivity index (χ0n) is 18.4. The molecule has 8 nitrogen and oxygen atoms in total. The minimum atomic E-state index is -0.664. The lowest BCUT2D eigenvalue weighted by atomic mass is 9.79. The number of aromatic nitrogens is 2. The number of primary amides is 1. The smallest absolute Gasteiger partial charge is 0.225 e. The Bertz CT molecular complexity index is 898. The van der Waals surface area contributed by atoms with E-state index < -0.39 is 11.2 Å². The van der Waals surface area contributed by atoms with E-state index in [1.54, 1.807) is 18.2 Å². The first-order valence-corrected chi connectivity index (χ1v) is 11.2. The zero-order chi connectivity index (χ0) is 23.0. The van der Waals surface area contributed by atoms with Crippen LogP contribution in [-0.2, 0) is 9.53 Å². The molecule has 1 aliphatic carbocycles. The molecule has 2 aromatic rings. The first-order valence-electron chi connectivity index (χ1n) is 11.2. The maximum Gasteiger partial charge on any atom is 0.225 e. The number of amides is 1. The minimum Gasteiger partial charge on any atom is -0.384 e. The van der Waals surface area contributed by atoms with Crippen molar-refractivity contribution in [2.75, 3.05) is 30.8 Å². The van der Waals surface area contributed by atoms with E-state index in [4.69, 9.17) is 21.9 Å². The molecule has 1 saturated heterocycles. The number of anilines is 2. The highest BCUT2D eigenvalue weighted by Crippen LogP contribution is 2.31. The lowest BCUT2D eigenvalue weighted by molar-refractivity contribution is -0.132. The highest BCUT2D eigenvalue weighted by Gasteiger charge is 2.38. The van der Waals surface area contributed by atoms with E-state index in [-0.39, 0.29) is 17.3 Å². The van der Waals surface area contributed by atoms with Gasteiger partial charge in [0.15, 0.2) is 5.82 Å². The number of halogens is 1. The Morgan fingerprint density at radius 2 is 1.94 bits per heavy atom. The second kappa shape index (κ2) is 11.2. The third-order valence-corrected chi connectivity index (χ3v) is 6.13. The predicted molar refractivity (Wildman–Crippen MR) is 123 cm³/mol. The summed E-state index contributed by atoms with van der Waals surface area (Å²) < 4.78 is 19.3. The first kappa shape index (κ1) is 23.9. The number of nitrogens with two attached hydrogens (primary N) is 3. The molecule has 0 bridgehead atoms. The molecule has 9 heteroatoms. The van der Waals surface area contributed by atoms with Crippen LogP contribution in [0.3, 0.4) is 0 Å². The fourth-order valence-corrected chi connectivity index (χ4v) is 4.00. The van der Waals surface area contributed by atoms with E-state index in [1.165, 1.54) is 38.2 Å². The van der Waals surface area contributed by atoms with Gasteiger partial charge in [-0.05, 0) is 43.9 Å². The summed E-state index contributed by atoms with van der Waals surface area (Å²) in [4.78, 5) is 20.0. The molecule has 0 spiro atoms. The van der Waals surface area contributed by atoms with Crippen molar-refractivity contribution in [3.8, 4) is 11.3 Å². The second-order valence-electron chi connectivity index (χ2n) is 8.51. The minimum absolute atomic E-state index is 0.214. The number of carbonyl (C=O) groups is 1. The molecule has 3 heterocycles.